The summed E-state index contributed by atoms with van der Waals surface area (Å²) in [7, 11) is 0. The number of carbonyl (C=O) groups excluding carboxylic acids is 3. The van der Waals surface area contributed by atoms with Crippen LogP contribution < -0.4 is 0 Å². The molecule has 2 aromatic heterocycles. The first-order chi connectivity index (χ1) is 11.0. The van der Waals surface area contributed by atoms with E-state index in [0.717, 1.165) is 28.3 Å². The molecule has 0 radical (unpaired) electrons. The molecular formula is C17H11NO4S. The molecule has 114 valence electrons. The zero-order chi connectivity index (χ0) is 16.6. The van der Waals surface area contributed by atoms with E-state index in [1.165, 1.54) is 11.3 Å². The molecule has 2 aromatic rings. The quantitative estimate of drug-likeness (QED) is 0.858. The number of rotatable bonds is 2. The topological polar surface area (TPSA) is 84.3 Å². The van der Waals surface area contributed by atoms with Crippen LogP contribution in [0.2, 0.25) is 0 Å². The lowest BCUT2D eigenvalue weighted by Gasteiger charge is -2.02. The third-order valence-electron chi connectivity index (χ3n) is 3.34. The summed E-state index contributed by atoms with van der Waals surface area (Å²) in [4.78, 5) is 40.9. The van der Waals surface area contributed by atoms with Crippen LogP contribution in [-0.4, -0.2) is 27.4 Å². The molecule has 0 aliphatic heterocycles. The van der Waals surface area contributed by atoms with E-state index in [0.29, 0.717) is 4.88 Å². The van der Waals surface area contributed by atoms with E-state index < -0.39 is 23.1 Å². The third-order valence-corrected chi connectivity index (χ3v) is 4.49. The van der Waals surface area contributed by atoms with Gasteiger partial charge in [-0.1, -0.05) is 0 Å². The van der Waals surface area contributed by atoms with Gasteiger partial charge in [-0.2, -0.15) is 0 Å². The molecule has 0 bridgehead atoms. The smallest absolute Gasteiger partial charge is 0.238 e. The van der Waals surface area contributed by atoms with Crippen molar-refractivity contribution >= 4 is 34.3 Å². The van der Waals surface area contributed by atoms with Gasteiger partial charge in [-0.05, 0) is 48.9 Å². The number of aliphatic hydroxyl groups is 1. The second-order valence-corrected chi connectivity index (χ2v) is 6.05. The number of pyridine rings is 1. The lowest BCUT2D eigenvalue weighted by Crippen LogP contribution is -2.13. The standard InChI is InChI=1S/C17H11NO4S/c1-9-8-10(6-7-18-9)13-4-5-14(23-13)15-16(21)11(19)2-3-12(20)17(15)22/h2-8,21H,1H3. The molecule has 0 aromatic carbocycles. The SMILES string of the molecule is Cc1cc(-c2ccc(C3=C(O)C(=O)C=CC(=O)C3=O)s2)ccn1. The van der Waals surface area contributed by atoms with E-state index in [2.05, 4.69) is 4.98 Å². The molecular weight excluding hydrogens is 314 g/mol. The van der Waals surface area contributed by atoms with Crippen LogP contribution in [0.3, 0.4) is 0 Å². The largest absolute Gasteiger partial charge is 0.504 e. The average Bonchev–Trinajstić information content (AvgIpc) is 2.98. The van der Waals surface area contributed by atoms with E-state index in [1.807, 2.05) is 19.1 Å². The number of aliphatic hydroxyl groups excluding tert-OH is 1. The fourth-order valence-electron chi connectivity index (χ4n) is 2.21. The number of hydrogen-bond acceptors (Lipinski definition) is 6. The number of thiophene rings is 1. The van der Waals surface area contributed by atoms with E-state index in [4.69, 9.17) is 0 Å². The van der Waals surface area contributed by atoms with Crippen LogP contribution in [0, 0.1) is 6.92 Å². The lowest BCUT2D eigenvalue weighted by molar-refractivity contribution is -0.130. The molecule has 23 heavy (non-hydrogen) atoms. The Morgan fingerprint density at radius 2 is 1.70 bits per heavy atom. The molecule has 1 N–H and O–H groups in total. The van der Waals surface area contributed by atoms with Crippen LogP contribution in [0.15, 0.2) is 48.4 Å². The summed E-state index contributed by atoms with van der Waals surface area (Å²) in [6.45, 7) is 1.87. The first kappa shape index (κ1) is 15.1. The van der Waals surface area contributed by atoms with Crippen molar-refractivity contribution in [1.82, 2.24) is 4.98 Å². The number of carbonyl (C=O) groups is 3. The van der Waals surface area contributed by atoms with Crippen molar-refractivity contribution in [3.63, 3.8) is 0 Å². The van der Waals surface area contributed by atoms with Crippen LogP contribution in [0.25, 0.3) is 16.0 Å². The molecule has 5 nitrogen and oxygen atoms in total. The maximum atomic E-state index is 12.1. The van der Waals surface area contributed by atoms with Crippen LogP contribution in [0.1, 0.15) is 10.6 Å². The summed E-state index contributed by atoms with van der Waals surface area (Å²) in [5.74, 6) is -3.17. The normalized spacial score (nSPS) is 15.3. The summed E-state index contributed by atoms with van der Waals surface area (Å²) in [6, 6.07) is 7.10. The Morgan fingerprint density at radius 3 is 2.43 bits per heavy atom. The predicted octanol–water partition coefficient (Wildman–Crippen LogP) is 2.66. The molecule has 0 unspecified atom stereocenters. The summed E-state index contributed by atoms with van der Waals surface area (Å²) >= 11 is 1.22. The highest BCUT2D eigenvalue weighted by Gasteiger charge is 2.29. The molecule has 3 rings (SSSR count). The molecule has 0 saturated carbocycles. The predicted molar refractivity (Wildman–Crippen MR) is 86.0 cm³/mol. The van der Waals surface area contributed by atoms with Gasteiger partial charge in [0, 0.05) is 21.6 Å². The van der Waals surface area contributed by atoms with E-state index >= 15 is 0 Å². The number of nitrogens with zero attached hydrogens (tertiary/aromatic N) is 1. The van der Waals surface area contributed by atoms with Crippen LogP contribution in [-0.2, 0) is 14.4 Å². The maximum absolute atomic E-state index is 12.1. The van der Waals surface area contributed by atoms with Crippen LogP contribution >= 0.6 is 11.3 Å². The van der Waals surface area contributed by atoms with Crippen molar-refractivity contribution < 1.29 is 19.5 Å². The minimum Gasteiger partial charge on any atom is -0.504 e. The number of aromatic nitrogens is 1. The van der Waals surface area contributed by atoms with E-state index in [1.54, 1.807) is 18.3 Å². The average molecular weight is 325 g/mol. The minimum absolute atomic E-state index is 0.243. The van der Waals surface area contributed by atoms with Gasteiger partial charge in [-0.15, -0.1) is 11.3 Å². The highest BCUT2D eigenvalue weighted by Crippen LogP contribution is 2.34. The van der Waals surface area contributed by atoms with Gasteiger partial charge < -0.3 is 5.11 Å². The summed E-state index contributed by atoms with van der Waals surface area (Å²) in [5, 5.41) is 9.99. The van der Waals surface area contributed by atoms with Crippen molar-refractivity contribution in [2.24, 2.45) is 0 Å². The Hall–Kier alpha value is -2.86. The molecule has 2 heterocycles. The number of allylic oxidation sites excluding steroid dienone is 3. The summed E-state index contributed by atoms with van der Waals surface area (Å²) in [6.07, 6.45) is 3.46. The molecule has 0 spiro atoms. The van der Waals surface area contributed by atoms with Crippen molar-refractivity contribution in [1.29, 1.82) is 0 Å². The number of ketones is 3. The molecule has 0 fully saturated rings. The molecule has 0 saturated heterocycles. The van der Waals surface area contributed by atoms with Gasteiger partial charge in [0.1, 0.15) is 0 Å². The molecule has 0 atom stereocenters. The second-order valence-electron chi connectivity index (χ2n) is 4.96. The number of aryl methyl sites for hydroxylation is 1. The molecule has 6 heteroatoms. The van der Waals surface area contributed by atoms with Gasteiger partial charge in [-0.3, -0.25) is 19.4 Å². The Bertz CT molecular complexity index is 905. The van der Waals surface area contributed by atoms with Gasteiger partial charge in [0.15, 0.2) is 5.76 Å². The van der Waals surface area contributed by atoms with Gasteiger partial charge in [0.05, 0.1) is 5.57 Å². The zero-order valence-corrected chi connectivity index (χ0v) is 12.9. The van der Waals surface area contributed by atoms with Gasteiger partial charge in [-0.25, -0.2) is 0 Å². The second kappa shape index (κ2) is 5.73. The van der Waals surface area contributed by atoms with E-state index in [-0.39, 0.29) is 5.57 Å². The first-order valence-corrected chi connectivity index (χ1v) is 7.56. The third kappa shape index (κ3) is 2.76. The summed E-state index contributed by atoms with van der Waals surface area (Å²) < 4.78 is 0. The van der Waals surface area contributed by atoms with Crippen molar-refractivity contribution in [2.45, 2.75) is 6.92 Å². The van der Waals surface area contributed by atoms with Gasteiger partial charge >= 0.3 is 0 Å². The summed E-state index contributed by atoms with van der Waals surface area (Å²) in [5.41, 5.74) is 1.51. The highest BCUT2D eigenvalue weighted by molar-refractivity contribution is 7.17. The zero-order valence-electron chi connectivity index (χ0n) is 12.1. The fourth-order valence-corrected chi connectivity index (χ4v) is 3.26. The Balaban J connectivity index is 2.09. The van der Waals surface area contributed by atoms with Crippen molar-refractivity contribution in [2.75, 3.05) is 0 Å². The van der Waals surface area contributed by atoms with Gasteiger partial charge in [0.2, 0.25) is 17.3 Å². The fraction of sp³-hybridized carbons (Fsp3) is 0.0588. The molecule has 0 amide bonds. The van der Waals surface area contributed by atoms with Crippen LogP contribution in [0.4, 0.5) is 0 Å². The molecule has 1 aliphatic rings. The van der Waals surface area contributed by atoms with Crippen LogP contribution in [0.5, 0.6) is 0 Å². The molecule has 1 aliphatic carbocycles. The Labute approximate surface area is 135 Å². The number of hydrogen-bond donors (Lipinski definition) is 1. The first-order valence-electron chi connectivity index (χ1n) is 6.75. The Morgan fingerprint density at radius 1 is 1.00 bits per heavy atom. The number of Topliss-reactive ketones (excluding diaryl/α,β-unsaturated/α-hetero) is 1. The lowest BCUT2D eigenvalue weighted by atomic mass is 10.1. The van der Waals surface area contributed by atoms with Gasteiger partial charge in [0.25, 0.3) is 0 Å². The highest BCUT2D eigenvalue weighted by atomic mass is 32.1. The minimum atomic E-state index is -0.885. The van der Waals surface area contributed by atoms with Crippen molar-refractivity contribution in [3.8, 4) is 10.4 Å². The van der Waals surface area contributed by atoms with Crippen molar-refractivity contribution in [3.05, 3.63) is 58.9 Å². The maximum Gasteiger partial charge on any atom is 0.238 e. The Kier molecular flexibility index (Phi) is 3.75. The van der Waals surface area contributed by atoms with E-state index in [9.17, 15) is 19.5 Å². The monoisotopic (exact) mass is 325 g/mol.